The monoisotopic (exact) mass is 367 g/mol. The summed E-state index contributed by atoms with van der Waals surface area (Å²) < 4.78 is 5.95. The van der Waals surface area contributed by atoms with E-state index in [0.717, 1.165) is 38.7 Å². The zero-order valence-corrected chi connectivity index (χ0v) is 15.2. The largest absolute Gasteiger partial charge is 0.436 e. The molecule has 0 unspecified atom stereocenters. The Labute approximate surface area is 161 Å². The number of oxazole rings is 1. The van der Waals surface area contributed by atoms with E-state index in [1.165, 1.54) is 6.92 Å². The number of hydrogen-bond donors (Lipinski definition) is 2. The lowest BCUT2D eigenvalue weighted by molar-refractivity contribution is -0.114. The van der Waals surface area contributed by atoms with Crippen molar-refractivity contribution in [1.29, 1.82) is 0 Å². The number of anilines is 1. The second-order valence-electron chi connectivity index (χ2n) is 6.71. The van der Waals surface area contributed by atoms with E-state index >= 15 is 0 Å². The van der Waals surface area contributed by atoms with Crippen molar-refractivity contribution in [2.24, 2.45) is 0 Å². The summed E-state index contributed by atoms with van der Waals surface area (Å²) >= 11 is 0. The van der Waals surface area contributed by atoms with Crippen LogP contribution in [0.4, 0.5) is 5.69 Å². The smallest absolute Gasteiger partial charge is 0.227 e. The Kier molecular flexibility index (Phi) is 3.72. The molecule has 0 atom stereocenters. The third-order valence-corrected chi connectivity index (χ3v) is 4.70. The van der Waals surface area contributed by atoms with Gasteiger partial charge in [0.05, 0.1) is 0 Å². The Morgan fingerprint density at radius 1 is 1.00 bits per heavy atom. The lowest BCUT2D eigenvalue weighted by Crippen LogP contribution is -2.06. The van der Waals surface area contributed by atoms with E-state index in [0.29, 0.717) is 11.6 Å². The van der Waals surface area contributed by atoms with Gasteiger partial charge in [-0.05, 0) is 53.6 Å². The van der Waals surface area contributed by atoms with Crippen LogP contribution in [0.5, 0.6) is 0 Å². The van der Waals surface area contributed by atoms with Crippen molar-refractivity contribution < 1.29 is 9.21 Å². The summed E-state index contributed by atoms with van der Waals surface area (Å²) in [5.41, 5.74) is 6.16. The number of nitrogens with one attached hydrogen (secondary N) is 2. The summed E-state index contributed by atoms with van der Waals surface area (Å²) in [6.07, 6.45) is 1.92. The summed E-state index contributed by atoms with van der Waals surface area (Å²) in [5.74, 6) is 0.399. The first-order chi connectivity index (χ1) is 13.7. The molecular formula is C23H17N3O2. The van der Waals surface area contributed by atoms with E-state index in [-0.39, 0.29) is 5.91 Å². The van der Waals surface area contributed by atoms with E-state index in [4.69, 9.17) is 4.42 Å². The molecule has 0 bridgehead atoms. The predicted molar refractivity (Wildman–Crippen MR) is 111 cm³/mol. The minimum Gasteiger partial charge on any atom is -0.436 e. The number of hydrogen-bond acceptors (Lipinski definition) is 3. The maximum atomic E-state index is 11.7. The Balaban J connectivity index is 1.72. The number of rotatable bonds is 3. The number of aromatic amines is 1. The normalized spacial score (nSPS) is 11.2. The highest BCUT2D eigenvalue weighted by Gasteiger charge is 2.13. The third kappa shape index (κ3) is 2.83. The SMILES string of the molecule is CC(=O)Nc1cc(-c2nc3ccccc3o2)cc(-c2cccc3[nH]ccc23)c1. The highest BCUT2D eigenvalue weighted by molar-refractivity contribution is 5.98. The molecule has 0 aliphatic rings. The molecule has 0 saturated heterocycles. The van der Waals surface area contributed by atoms with Crippen LogP contribution in [0.2, 0.25) is 0 Å². The Hall–Kier alpha value is -3.86. The zero-order valence-electron chi connectivity index (χ0n) is 15.2. The molecule has 0 spiro atoms. The number of para-hydroxylation sites is 2. The topological polar surface area (TPSA) is 70.9 Å². The van der Waals surface area contributed by atoms with Crippen LogP contribution in [-0.2, 0) is 4.79 Å². The summed E-state index contributed by atoms with van der Waals surface area (Å²) in [6, 6.07) is 21.7. The number of H-pyrrole nitrogens is 1. The lowest BCUT2D eigenvalue weighted by Gasteiger charge is -2.10. The van der Waals surface area contributed by atoms with Crippen molar-refractivity contribution in [1.82, 2.24) is 9.97 Å². The van der Waals surface area contributed by atoms with E-state index in [9.17, 15) is 4.79 Å². The minimum absolute atomic E-state index is 0.125. The fraction of sp³-hybridized carbons (Fsp3) is 0.0435. The first-order valence-corrected chi connectivity index (χ1v) is 9.02. The second kappa shape index (κ2) is 6.39. The maximum absolute atomic E-state index is 11.7. The number of aromatic nitrogens is 2. The van der Waals surface area contributed by atoms with Gasteiger partial charge in [0.1, 0.15) is 5.52 Å². The van der Waals surface area contributed by atoms with Gasteiger partial charge in [-0.3, -0.25) is 4.79 Å². The molecule has 28 heavy (non-hydrogen) atoms. The second-order valence-corrected chi connectivity index (χ2v) is 6.71. The van der Waals surface area contributed by atoms with Gasteiger partial charge in [0.2, 0.25) is 11.8 Å². The van der Waals surface area contributed by atoms with Gasteiger partial charge in [0, 0.05) is 35.3 Å². The number of carbonyl (C=O) groups is 1. The van der Waals surface area contributed by atoms with E-state index in [1.54, 1.807) is 0 Å². The van der Waals surface area contributed by atoms with Gasteiger partial charge < -0.3 is 14.7 Å². The highest BCUT2D eigenvalue weighted by Crippen LogP contribution is 2.34. The molecule has 3 aromatic carbocycles. The van der Waals surface area contributed by atoms with Crippen LogP contribution >= 0.6 is 0 Å². The summed E-state index contributed by atoms with van der Waals surface area (Å²) in [4.78, 5) is 19.5. The van der Waals surface area contributed by atoms with Gasteiger partial charge in [-0.15, -0.1) is 0 Å². The van der Waals surface area contributed by atoms with Crippen LogP contribution in [0, 0.1) is 0 Å². The van der Waals surface area contributed by atoms with E-state index in [1.807, 2.05) is 60.8 Å². The predicted octanol–water partition coefficient (Wildman–Crippen LogP) is 5.60. The van der Waals surface area contributed by atoms with Crippen LogP contribution in [0.15, 0.2) is 77.3 Å². The van der Waals surface area contributed by atoms with Gasteiger partial charge in [0.25, 0.3) is 0 Å². The fourth-order valence-corrected chi connectivity index (χ4v) is 3.51. The lowest BCUT2D eigenvalue weighted by atomic mass is 9.99. The summed E-state index contributed by atoms with van der Waals surface area (Å²) in [7, 11) is 0. The molecule has 5 nitrogen and oxygen atoms in total. The van der Waals surface area contributed by atoms with Crippen LogP contribution in [0.3, 0.4) is 0 Å². The molecular weight excluding hydrogens is 350 g/mol. The molecule has 1 amide bonds. The van der Waals surface area contributed by atoms with Crippen LogP contribution in [0.1, 0.15) is 6.92 Å². The summed E-state index contributed by atoms with van der Waals surface area (Å²) in [6.45, 7) is 1.50. The quantitative estimate of drug-likeness (QED) is 0.436. The van der Waals surface area contributed by atoms with Crippen molar-refractivity contribution in [2.45, 2.75) is 6.92 Å². The number of carbonyl (C=O) groups excluding carboxylic acids is 1. The van der Waals surface area contributed by atoms with Crippen molar-refractivity contribution in [3.05, 3.63) is 72.9 Å². The standard InChI is InChI=1S/C23H17N3O2/c1-14(27)25-17-12-15(18-5-4-7-20-19(18)9-10-24-20)11-16(13-17)23-26-21-6-2-3-8-22(21)28-23/h2-13,24H,1H3,(H,25,27). The molecule has 2 N–H and O–H groups in total. The molecule has 5 aromatic rings. The van der Waals surface area contributed by atoms with E-state index < -0.39 is 0 Å². The fourth-order valence-electron chi connectivity index (χ4n) is 3.51. The number of fused-ring (bicyclic) bond motifs is 2. The van der Waals surface area contributed by atoms with Crippen LogP contribution in [-0.4, -0.2) is 15.9 Å². The Morgan fingerprint density at radius 2 is 1.86 bits per heavy atom. The molecule has 2 heterocycles. The van der Waals surface area contributed by atoms with Crippen molar-refractivity contribution in [3.8, 4) is 22.6 Å². The van der Waals surface area contributed by atoms with Crippen molar-refractivity contribution in [3.63, 3.8) is 0 Å². The van der Waals surface area contributed by atoms with Gasteiger partial charge >= 0.3 is 0 Å². The Morgan fingerprint density at radius 3 is 2.71 bits per heavy atom. The van der Waals surface area contributed by atoms with Gasteiger partial charge in [-0.2, -0.15) is 0 Å². The number of benzene rings is 3. The number of amides is 1. The average molecular weight is 367 g/mol. The zero-order chi connectivity index (χ0) is 19.1. The Bertz CT molecular complexity index is 1300. The highest BCUT2D eigenvalue weighted by atomic mass is 16.3. The molecule has 5 rings (SSSR count). The summed E-state index contributed by atoms with van der Waals surface area (Å²) in [5, 5.41) is 4.00. The molecule has 0 fully saturated rings. The molecule has 0 aliphatic heterocycles. The molecule has 5 heteroatoms. The van der Waals surface area contributed by atoms with Gasteiger partial charge in [-0.25, -0.2) is 4.98 Å². The first kappa shape index (κ1) is 16.3. The maximum Gasteiger partial charge on any atom is 0.227 e. The molecule has 0 saturated carbocycles. The van der Waals surface area contributed by atoms with Gasteiger partial charge in [-0.1, -0.05) is 24.3 Å². The van der Waals surface area contributed by atoms with Gasteiger partial charge in [0.15, 0.2) is 5.58 Å². The molecule has 136 valence electrons. The van der Waals surface area contributed by atoms with E-state index in [2.05, 4.69) is 27.4 Å². The molecule has 2 aromatic heterocycles. The number of nitrogens with zero attached hydrogens (tertiary/aromatic N) is 1. The van der Waals surface area contributed by atoms with Crippen LogP contribution in [0.25, 0.3) is 44.6 Å². The molecule has 0 aliphatic carbocycles. The minimum atomic E-state index is -0.125. The first-order valence-electron chi connectivity index (χ1n) is 9.02. The van der Waals surface area contributed by atoms with Crippen molar-refractivity contribution >= 4 is 33.6 Å². The molecule has 0 radical (unpaired) electrons. The van der Waals surface area contributed by atoms with Crippen molar-refractivity contribution in [2.75, 3.05) is 5.32 Å². The average Bonchev–Trinajstić information content (AvgIpc) is 3.33. The third-order valence-electron chi connectivity index (χ3n) is 4.70. The van der Waals surface area contributed by atoms with Crippen LogP contribution < -0.4 is 5.32 Å².